The van der Waals surface area contributed by atoms with Gasteiger partial charge < -0.3 is 17.0 Å². The maximum absolute atomic E-state index is 2.45. The van der Waals surface area contributed by atoms with Gasteiger partial charge in [0.2, 0.25) is 0 Å². The monoisotopic (exact) mass is 353 g/mol. The van der Waals surface area contributed by atoms with Crippen LogP contribution in [0.25, 0.3) is 0 Å². The van der Waals surface area contributed by atoms with Crippen LogP contribution in [0.5, 0.6) is 0 Å². The molecular formula is C11H16BrNSSe. The molecule has 84 valence electrons. The number of halogens is 1. The van der Waals surface area contributed by atoms with E-state index in [1.807, 2.05) is 0 Å². The summed E-state index contributed by atoms with van der Waals surface area (Å²) in [6.07, 6.45) is 2.23. The normalized spacial score (nSPS) is 19.5. The van der Waals surface area contributed by atoms with E-state index in [-0.39, 0.29) is 17.0 Å². The molecule has 0 N–H and O–H groups in total. The van der Waals surface area contributed by atoms with Crippen molar-refractivity contribution in [3.63, 3.8) is 0 Å². The number of aromatic nitrogens is 1. The van der Waals surface area contributed by atoms with Gasteiger partial charge in [0.1, 0.15) is 0 Å². The van der Waals surface area contributed by atoms with Gasteiger partial charge in [-0.05, 0) is 0 Å². The third-order valence-corrected chi connectivity index (χ3v) is 6.23. The van der Waals surface area contributed by atoms with E-state index in [9.17, 15) is 0 Å². The summed E-state index contributed by atoms with van der Waals surface area (Å²) in [4.78, 5) is 0. The fourth-order valence-electron chi connectivity index (χ4n) is 1.54. The quantitative estimate of drug-likeness (QED) is 0.452. The molecule has 1 aliphatic heterocycles. The third-order valence-electron chi connectivity index (χ3n) is 2.02. The maximum Gasteiger partial charge on any atom is -1.00 e. The molecule has 4 heteroatoms. The second-order valence-electron chi connectivity index (χ2n) is 4.44. The largest absolute Gasteiger partial charge is 1.00 e. The van der Waals surface area contributed by atoms with Gasteiger partial charge in [0, 0.05) is 0 Å². The Labute approximate surface area is 113 Å². The van der Waals surface area contributed by atoms with Crippen molar-refractivity contribution in [2.24, 2.45) is 0 Å². The van der Waals surface area contributed by atoms with Crippen molar-refractivity contribution in [1.82, 2.24) is 0 Å². The molecule has 1 nitrogen and oxygen atoms in total. The van der Waals surface area contributed by atoms with Gasteiger partial charge in [-0.1, -0.05) is 0 Å². The van der Waals surface area contributed by atoms with Crippen LogP contribution in [-0.2, 0) is 0 Å². The Hall–Kier alpha value is 0.499. The smallest absolute Gasteiger partial charge is 1.00 e. The molecule has 0 fully saturated rings. The molecule has 0 aliphatic carbocycles. The minimum atomic E-state index is 0. The number of hydrogen-bond acceptors (Lipinski definition) is 1. The summed E-state index contributed by atoms with van der Waals surface area (Å²) >= 11 is 2.77. The number of pyridine rings is 1. The van der Waals surface area contributed by atoms with Crippen LogP contribution in [-0.4, -0.2) is 19.7 Å². The Kier molecular flexibility index (Phi) is 4.72. The summed E-state index contributed by atoms with van der Waals surface area (Å²) in [7, 11) is 0. The predicted molar refractivity (Wildman–Crippen MR) is 63.2 cm³/mol. The van der Waals surface area contributed by atoms with Gasteiger partial charge in [-0.15, -0.1) is 0 Å². The molecule has 1 aromatic heterocycles. The van der Waals surface area contributed by atoms with Crippen molar-refractivity contribution in [3.05, 3.63) is 24.4 Å². The number of hydrogen-bond donors (Lipinski definition) is 0. The van der Waals surface area contributed by atoms with Gasteiger partial charge in [0.25, 0.3) is 0 Å². The van der Waals surface area contributed by atoms with Crippen molar-refractivity contribution in [3.8, 4) is 0 Å². The van der Waals surface area contributed by atoms with Gasteiger partial charge >= 0.3 is 96.5 Å². The minimum absolute atomic E-state index is 0. The van der Waals surface area contributed by atoms with Gasteiger partial charge in [-0.2, -0.15) is 0 Å². The molecule has 0 radical (unpaired) electrons. The zero-order valence-corrected chi connectivity index (χ0v) is 13.4. The zero-order chi connectivity index (χ0) is 10.2. The van der Waals surface area contributed by atoms with Gasteiger partial charge in [0.05, 0.1) is 0 Å². The minimum Gasteiger partial charge on any atom is -1.00 e. The molecule has 0 amide bonds. The van der Waals surface area contributed by atoms with Crippen molar-refractivity contribution in [1.29, 1.82) is 0 Å². The summed E-state index contributed by atoms with van der Waals surface area (Å²) in [5, 5.41) is 2.02. The van der Waals surface area contributed by atoms with Crippen LogP contribution in [0.1, 0.15) is 26.1 Å². The average Bonchev–Trinajstić information content (AvgIpc) is 2.47. The van der Waals surface area contributed by atoms with E-state index in [1.54, 1.807) is 4.59 Å². The van der Waals surface area contributed by atoms with Gasteiger partial charge in [-0.3, -0.25) is 0 Å². The fraction of sp³-hybridized carbons (Fsp3) is 0.545. The van der Waals surface area contributed by atoms with Crippen molar-refractivity contribution < 1.29 is 21.5 Å². The first-order valence-corrected chi connectivity index (χ1v) is 7.82. The molecule has 2 heterocycles. The van der Waals surface area contributed by atoms with Crippen LogP contribution in [0, 0.1) is 0 Å². The second-order valence-corrected chi connectivity index (χ2v) is 8.63. The zero-order valence-electron chi connectivity index (χ0n) is 9.24. The molecule has 1 aromatic rings. The number of rotatable bonds is 1. The van der Waals surface area contributed by atoms with Crippen molar-refractivity contribution in [2.75, 3.05) is 0 Å². The molecule has 0 saturated heterocycles. The van der Waals surface area contributed by atoms with Crippen LogP contribution < -0.4 is 26.1 Å². The summed E-state index contributed by atoms with van der Waals surface area (Å²) in [5.41, 5.74) is 0. The molecule has 0 bridgehead atoms. The summed E-state index contributed by atoms with van der Waals surface area (Å²) in [5.74, 6) is 0. The Balaban J connectivity index is 0.00000112. The summed E-state index contributed by atoms with van der Waals surface area (Å²) < 4.78 is 4.36. The molecule has 2 rings (SSSR count). The van der Waals surface area contributed by atoms with E-state index in [4.69, 9.17) is 0 Å². The number of fused-ring (bicyclic) bond motifs is 1. The predicted octanol–water partition coefficient (Wildman–Crippen LogP) is -1.23. The fourth-order valence-corrected chi connectivity index (χ4v) is 5.72. The third kappa shape index (κ3) is 3.48. The molecule has 1 atom stereocenters. The number of thioether (sulfide) groups is 1. The Bertz CT molecular complexity index is 338. The van der Waals surface area contributed by atoms with Crippen molar-refractivity contribution >= 4 is 31.3 Å². The Morgan fingerprint density at radius 3 is 2.80 bits per heavy atom. The van der Waals surface area contributed by atoms with Crippen LogP contribution in [0.2, 0.25) is 5.32 Å². The van der Waals surface area contributed by atoms with Crippen LogP contribution in [0.3, 0.4) is 0 Å². The second kappa shape index (κ2) is 5.22. The molecule has 1 aliphatic rings. The van der Waals surface area contributed by atoms with E-state index in [2.05, 4.69) is 61.5 Å². The topological polar surface area (TPSA) is 3.88 Å². The number of nitrogens with zero attached hydrogens (tertiary/aromatic N) is 1. The molecule has 0 spiro atoms. The van der Waals surface area contributed by atoms with Crippen molar-refractivity contribution in [2.45, 2.75) is 36.2 Å². The van der Waals surface area contributed by atoms with E-state index in [0.717, 1.165) is 0 Å². The van der Waals surface area contributed by atoms with E-state index < -0.39 is 0 Å². The molecule has 0 saturated carbocycles. The molecule has 1 unspecified atom stereocenters. The molecular weight excluding hydrogens is 337 g/mol. The van der Waals surface area contributed by atoms with E-state index in [0.29, 0.717) is 25.1 Å². The van der Waals surface area contributed by atoms with Crippen LogP contribution >= 0.6 is 11.8 Å². The summed E-state index contributed by atoms with van der Waals surface area (Å²) in [6, 6.07) is 6.56. The standard InChI is InChI=1S/C11H16NSSe.BrH/c1-11(2,3)13-9-8-14-10-6-4-5-7-12(9)10;/h4-7,9H,8H2,1-3H3;1H/q+1;/p-1. The van der Waals surface area contributed by atoms with Crippen LogP contribution in [0.4, 0.5) is 0 Å². The first kappa shape index (κ1) is 13.6. The van der Waals surface area contributed by atoms with Crippen LogP contribution in [0.15, 0.2) is 24.4 Å². The van der Waals surface area contributed by atoms with E-state index >= 15 is 0 Å². The Morgan fingerprint density at radius 2 is 2.13 bits per heavy atom. The Morgan fingerprint density at radius 1 is 1.40 bits per heavy atom. The molecule has 15 heavy (non-hydrogen) atoms. The van der Waals surface area contributed by atoms with E-state index in [1.165, 1.54) is 5.32 Å². The average molecular weight is 353 g/mol. The van der Waals surface area contributed by atoms with Gasteiger partial charge in [0.15, 0.2) is 0 Å². The summed E-state index contributed by atoms with van der Waals surface area (Å²) in [6.45, 7) is 6.89. The first-order chi connectivity index (χ1) is 6.56. The SMILES string of the molecule is CC(C)(C)SC1C[Se]c2cccc[n+]21.[Br-]. The molecule has 0 aromatic carbocycles. The van der Waals surface area contributed by atoms with Gasteiger partial charge in [-0.25, -0.2) is 0 Å². The maximum atomic E-state index is 2.45. The first-order valence-electron chi connectivity index (χ1n) is 4.87.